The van der Waals surface area contributed by atoms with E-state index in [4.69, 9.17) is 0 Å². The van der Waals surface area contributed by atoms with Gasteiger partial charge in [-0.05, 0) is 41.5 Å². The Kier molecular flexibility index (Phi) is 4.27. The highest BCUT2D eigenvalue weighted by Gasteiger charge is 2.35. The summed E-state index contributed by atoms with van der Waals surface area (Å²) in [6.45, 7) is 0. The zero-order chi connectivity index (χ0) is 15.6. The molecule has 2 aromatic rings. The van der Waals surface area contributed by atoms with Crippen molar-refractivity contribution in [3.8, 4) is 0 Å². The Morgan fingerprint density at radius 3 is 2.24 bits per heavy atom. The molecule has 0 spiro atoms. The molecule has 0 radical (unpaired) electrons. The van der Waals surface area contributed by atoms with Gasteiger partial charge in [-0.2, -0.15) is 13.2 Å². The average Bonchev–Trinajstić information content (AvgIpc) is 2.37. The summed E-state index contributed by atoms with van der Waals surface area (Å²) < 4.78 is 64.7. The van der Waals surface area contributed by atoms with Gasteiger partial charge in [-0.15, -0.1) is 0 Å². The Morgan fingerprint density at radius 1 is 0.952 bits per heavy atom. The fourth-order valence-electron chi connectivity index (χ4n) is 2.06. The van der Waals surface area contributed by atoms with Gasteiger partial charge in [0.25, 0.3) is 0 Å². The number of hydrogen-bond acceptors (Lipinski definition) is 1. The second-order valence-corrected chi connectivity index (χ2v) is 4.58. The summed E-state index contributed by atoms with van der Waals surface area (Å²) in [7, 11) is 0. The predicted molar refractivity (Wildman–Crippen MR) is 66.5 cm³/mol. The molecular weight excluding hydrogens is 291 g/mol. The van der Waals surface area contributed by atoms with Gasteiger partial charge in [0.15, 0.2) is 0 Å². The molecule has 0 saturated heterocycles. The molecular formula is C15H11F5O. The van der Waals surface area contributed by atoms with Gasteiger partial charge in [0, 0.05) is 6.42 Å². The average molecular weight is 302 g/mol. The number of halogens is 5. The third-order valence-corrected chi connectivity index (χ3v) is 3.00. The van der Waals surface area contributed by atoms with Crippen LogP contribution in [0.15, 0.2) is 42.5 Å². The summed E-state index contributed by atoms with van der Waals surface area (Å²) in [5.74, 6) is -1.44. The van der Waals surface area contributed by atoms with E-state index in [1.165, 1.54) is 18.2 Å². The van der Waals surface area contributed by atoms with Crippen molar-refractivity contribution >= 4 is 0 Å². The summed E-state index contributed by atoms with van der Waals surface area (Å²) in [4.78, 5) is 0. The van der Waals surface area contributed by atoms with Crippen LogP contribution in [-0.4, -0.2) is 5.11 Å². The van der Waals surface area contributed by atoms with Crippen molar-refractivity contribution in [3.05, 3.63) is 70.8 Å². The molecule has 0 heterocycles. The number of rotatable bonds is 3. The molecule has 1 N–H and O–H groups in total. The third-order valence-electron chi connectivity index (χ3n) is 3.00. The second-order valence-electron chi connectivity index (χ2n) is 4.58. The standard InChI is InChI=1S/C15H11F5O/c16-10-3-1-2-9(6-10)7-14(21)12-8-11(17)4-5-13(12)15(18,19)20/h1-6,8,14,21H,7H2. The fourth-order valence-corrected chi connectivity index (χ4v) is 2.06. The molecule has 2 aromatic carbocycles. The van der Waals surface area contributed by atoms with Crippen LogP contribution in [0.1, 0.15) is 22.8 Å². The highest BCUT2D eigenvalue weighted by molar-refractivity contribution is 5.33. The largest absolute Gasteiger partial charge is 0.416 e. The number of aliphatic hydroxyl groups is 1. The zero-order valence-electron chi connectivity index (χ0n) is 10.7. The van der Waals surface area contributed by atoms with Crippen molar-refractivity contribution in [1.29, 1.82) is 0 Å². The predicted octanol–water partition coefficient (Wildman–Crippen LogP) is 4.26. The number of alkyl halides is 3. The zero-order valence-corrected chi connectivity index (χ0v) is 10.7. The molecule has 0 bridgehead atoms. The van der Waals surface area contributed by atoms with Crippen LogP contribution in [0.3, 0.4) is 0 Å². The smallest absolute Gasteiger partial charge is 0.388 e. The minimum Gasteiger partial charge on any atom is -0.388 e. The summed E-state index contributed by atoms with van der Waals surface area (Å²) >= 11 is 0. The Labute approximate surface area is 117 Å². The maximum absolute atomic E-state index is 13.2. The molecule has 6 heteroatoms. The maximum Gasteiger partial charge on any atom is 0.416 e. The molecule has 0 saturated carbocycles. The van der Waals surface area contributed by atoms with Gasteiger partial charge in [-0.3, -0.25) is 0 Å². The molecule has 0 aromatic heterocycles. The van der Waals surface area contributed by atoms with Crippen LogP contribution in [0.5, 0.6) is 0 Å². The van der Waals surface area contributed by atoms with Crippen LogP contribution in [0.25, 0.3) is 0 Å². The molecule has 112 valence electrons. The van der Waals surface area contributed by atoms with Gasteiger partial charge < -0.3 is 5.11 Å². The van der Waals surface area contributed by atoms with Crippen molar-refractivity contribution in [2.75, 3.05) is 0 Å². The summed E-state index contributed by atoms with van der Waals surface area (Å²) in [5.41, 5.74) is -1.35. The number of hydrogen-bond donors (Lipinski definition) is 1. The maximum atomic E-state index is 13.2. The lowest BCUT2D eigenvalue weighted by atomic mass is 9.96. The van der Waals surface area contributed by atoms with Gasteiger partial charge in [0.2, 0.25) is 0 Å². The van der Waals surface area contributed by atoms with Crippen LogP contribution >= 0.6 is 0 Å². The first-order valence-corrected chi connectivity index (χ1v) is 6.06. The quantitative estimate of drug-likeness (QED) is 0.840. The van der Waals surface area contributed by atoms with Gasteiger partial charge in [-0.1, -0.05) is 12.1 Å². The molecule has 1 atom stereocenters. The van der Waals surface area contributed by atoms with Crippen LogP contribution < -0.4 is 0 Å². The van der Waals surface area contributed by atoms with Crippen molar-refractivity contribution in [2.45, 2.75) is 18.7 Å². The molecule has 0 fully saturated rings. The lowest BCUT2D eigenvalue weighted by molar-refractivity contribution is -0.139. The van der Waals surface area contributed by atoms with E-state index in [-0.39, 0.29) is 6.42 Å². The van der Waals surface area contributed by atoms with E-state index in [9.17, 15) is 27.1 Å². The van der Waals surface area contributed by atoms with E-state index < -0.39 is 35.0 Å². The van der Waals surface area contributed by atoms with Crippen molar-refractivity contribution in [1.82, 2.24) is 0 Å². The van der Waals surface area contributed by atoms with Crippen molar-refractivity contribution < 1.29 is 27.1 Å². The fraction of sp³-hybridized carbons (Fsp3) is 0.200. The topological polar surface area (TPSA) is 20.2 Å². The molecule has 1 nitrogen and oxygen atoms in total. The summed E-state index contributed by atoms with van der Waals surface area (Å²) in [6.07, 6.45) is -6.53. The number of aliphatic hydroxyl groups excluding tert-OH is 1. The Morgan fingerprint density at radius 2 is 1.62 bits per heavy atom. The van der Waals surface area contributed by atoms with Crippen LogP contribution in [-0.2, 0) is 12.6 Å². The summed E-state index contributed by atoms with van der Waals surface area (Å²) in [6, 6.07) is 7.05. The van der Waals surface area contributed by atoms with E-state index in [0.717, 1.165) is 6.07 Å². The molecule has 0 aliphatic carbocycles. The van der Waals surface area contributed by atoms with E-state index >= 15 is 0 Å². The lowest BCUT2D eigenvalue weighted by Crippen LogP contribution is -2.14. The highest BCUT2D eigenvalue weighted by atomic mass is 19.4. The molecule has 2 rings (SSSR count). The first kappa shape index (κ1) is 15.4. The highest BCUT2D eigenvalue weighted by Crippen LogP contribution is 2.35. The SMILES string of the molecule is OC(Cc1cccc(F)c1)c1cc(F)ccc1C(F)(F)F. The number of benzene rings is 2. The minimum absolute atomic E-state index is 0.246. The van der Waals surface area contributed by atoms with Crippen LogP contribution in [0.2, 0.25) is 0 Å². The van der Waals surface area contributed by atoms with E-state index in [1.807, 2.05) is 0 Å². The van der Waals surface area contributed by atoms with Crippen molar-refractivity contribution in [2.24, 2.45) is 0 Å². The monoisotopic (exact) mass is 302 g/mol. The van der Waals surface area contributed by atoms with Crippen LogP contribution in [0, 0.1) is 11.6 Å². The van der Waals surface area contributed by atoms with Gasteiger partial charge in [0.05, 0.1) is 11.7 Å². The first-order valence-electron chi connectivity index (χ1n) is 6.06. The molecule has 21 heavy (non-hydrogen) atoms. The van der Waals surface area contributed by atoms with Crippen LogP contribution in [0.4, 0.5) is 22.0 Å². The first-order chi connectivity index (χ1) is 9.77. The van der Waals surface area contributed by atoms with E-state index in [0.29, 0.717) is 23.8 Å². The van der Waals surface area contributed by atoms with Gasteiger partial charge in [-0.25, -0.2) is 8.78 Å². The van der Waals surface area contributed by atoms with Crippen molar-refractivity contribution in [3.63, 3.8) is 0 Å². The third kappa shape index (κ3) is 3.78. The normalized spacial score (nSPS) is 13.2. The molecule has 0 aliphatic heterocycles. The molecule has 1 unspecified atom stereocenters. The lowest BCUT2D eigenvalue weighted by Gasteiger charge is -2.17. The summed E-state index contributed by atoms with van der Waals surface area (Å²) in [5, 5.41) is 9.94. The molecule has 0 aliphatic rings. The van der Waals surface area contributed by atoms with Gasteiger partial charge in [0.1, 0.15) is 11.6 Å². The van der Waals surface area contributed by atoms with E-state index in [2.05, 4.69) is 0 Å². The Hall–Kier alpha value is -1.95. The Bertz CT molecular complexity index is 636. The molecule has 0 amide bonds. The Balaban J connectivity index is 2.34. The van der Waals surface area contributed by atoms with E-state index in [1.54, 1.807) is 0 Å². The minimum atomic E-state index is -4.70. The second kappa shape index (κ2) is 5.81. The van der Waals surface area contributed by atoms with Gasteiger partial charge >= 0.3 is 6.18 Å².